The zero-order valence-corrected chi connectivity index (χ0v) is 11.8. The lowest BCUT2D eigenvalue weighted by Gasteiger charge is -2.32. The van der Waals surface area contributed by atoms with Crippen LogP contribution in [0.25, 0.3) is 0 Å². The van der Waals surface area contributed by atoms with Gasteiger partial charge in [0.05, 0.1) is 6.04 Å². The van der Waals surface area contributed by atoms with Crippen molar-refractivity contribution in [1.82, 2.24) is 10.2 Å². The van der Waals surface area contributed by atoms with Crippen molar-refractivity contribution in [3.05, 3.63) is 0 Å². The third-order valence-electron chi connectivity index (χ3n) is 4.07. The highest BCUT2D eigenvalue weighted by atomic mass is 16.2. The minimum atomic E-state index is -0.0412. The number of hydrogen-bond donors (Lipinski definition) is 1. The van der Waals surface area contributed by atoms with Crippen LogP contribution < -0.4 is 5.32 Å². The molecule has 3 unspecified atom stereocenters. The summed E-state index contributed by atoms with van der Waals surface area (Å²) in [4.78, 5) is 13.8. The quantitative estimate of drug-likeness (QED) is 0.800. The molecule has 1 aliphatic rings. The van der Waals surface area contributed by atoms with Crippen LogP contribution in [0.1, 0.15) is 52.9 Å². The fraction of sp³-hybridized carbons (Fsp3) is 0.929. The van der Waals surface area contributed by atoms with E-state index in [0.717, 1.165) is 12.5 Å². The largest absolute Gasteiger partial charge is 0.345 e. The second-order valence-corrected chi connectivity index (χ2v) is 5.38. The third-order valence-corrected chi connectivity index (χ3v) is 4.07. The molecule has 0 aliphatic heterocycles. The van der Waals surface area contributed by atoms with Crippen LogP contribution in [0.3, 0.4) is 0 Å². The second-order valence-electron chi connectivity index (χ2n) is 5.38. The van der Waals surface area contributed by atoms with Crippen LogP contribution in [0.2, 0.25) is 0 Å². The molecule has 0 saturated heterocycles. The van der Waals surface area contributed by atoms with Gasteiger partial charge >= 0.3 is 0 Å². The number of nitrogens with zero attached hydrogens (tertiary/aromatic N) is 1. The SMILES string of the molecule is CCC1CCCC(NC(C)C(=O)N(C)CC)C1. The number of rotatable bonds is 5. The zero-order valence-electron chi connectivity index (χ0n) is 11.8. The molecule has 0 bridgehead atoms. The summed E-state index contributed by atoms with van der Waals surface area (Å²) in [5.74, 6) is 1.07. The molecule has 1 amide bonds. The Morgan fingerprint density at radius 1 is 1.41 bits per heavy atom. The summed E-state index contributed by atoms with van der Waals surface area (Å²) in [6, 6.07) is 0.499. The van der Waals surface area contributed by atoms with E-state index in [9.17, 15) is 4.79 Å². The fourth-order valence-electron chi connectivity index (χ4n) is 2.72. The summed E-state index contributed by atoms with van der Waals surface area (Å²) >= 11 is 0. The van der Waals surface area contributed by atoms with Gasteiger partial charge in [0.25, 0.3) is 0 Å². The van der Waals surface area contributed by atoms with E-state index < -0.39 is 0 Å². The molecule has 100 valence electrons. The maximum atomic E-state index is 12.0. The molecule has 1 fully saturated rings. The van der Waals surface area contributed by atoms with Crippen molar-refractivity contribution >= 4 is 5.91 Å². The van der Waals surface area contributed by atoms with Gasteiger partial charge in [-0.05, 0) is 32.6 Å². The van der Waals surface area contributed by atoms with Crippen molar-refractivity contribution in [3.8, 4) is 0 Å². The first-order valence-corrected chi connectivity index (χ1v) is 7.09. The summed E-state index contributed by atoms with van der Waals surface area (Å²) in [6.07, 6.45) is 6.41. The van der Waals surface area contributed by atoms with Gasteiger partial charge in [0.1, 0.15) is 0 Å². The zero-order chi connectivity index (χ0) is 12.8. The Morgan fingerprint density at radius 3 is 2.71 bits per heavy atom. The molecule has 3 nitrogen and oxygen atoms in total. The minimum absolute atomic E-state index is 0.0412. The van der Waals surface area contributed by atoms with Gasteiger partial charge in [0.15, 0.2) is 0 Å². The van der Waals surface area contributed by atoms with E-state index in [4.69, 9.17) is 0 Å². The first-order valence-electron chi connectivity index (χ1n) is 7.09. The Kier molecular flexibility index (Phi) is 5.96. The van der Waals surface area contributed by atoms with Gasteiger partial charge in [0.2, 0.25) is 5.91 Å². The Labute approximate surface area is 106 Å². The normalized spacial score (nSPS) is 26.6. The standard InChI is InChI=1S/C14H28N2O/c1-5-12-8-7-9-13(10-12)15-11(3)14(17)16(4)6-2/h11-13,15H,5-10H2,1-4H3. The molecule has 0 spiro atoms. The highest BCUT2D eigenvalue weighted by molar-refractivity contribution is 5.81. The van der Waals surface area contributed by atoms with Gasteiger partial charge in [-0.2, -0.15) is 0 Å². The molecule has 3 atom stereocenters. The van der Waals surface area contributed by atoms with Crippen LogP contribution in [-0.4, -0.2) is 36.5 Å². The summed E-state index contributed by atoms with van der Waals surface area (Å²) in [5, 5.41) is 3.51. The van der Waals surface area contributed by atoms with Gasteiger partial charge in [-0.15, -0.1) is 0 Å². The predicted octanol–water partition coefficient (Wildman–Crippen LogP) is 2.41. The minimum Gasteiger partial charge on any atom is -0.345 e. The monoisotopic (exact) mass is 240 g/mol. The Bertz CT molecular complexity index is 242. The number of likely N-dealkylation sites (N-methyl/N-ethyl adjacent to an activating group) is 1. The van der Waals surface area contributed by atoms with E-state index in [2.05, 4.69) is 12.2 Å². The molecule has 0 heterocycles. The van der Waals surface area contributed by atoms with Crippen molar-refractivity contribution in [2.45, 2.75) is 65.0 Å². The molecule has 1 rings (SSSR count). The second kappa shape index (κ2) is 7.00. The van der Waals surface area contributed by atoms with Gasteiger partial charge in [-0.1, -0.05) is 26.2 Å². The van der Waals surface area contributed by atoms with Crippen LogP contribution in [0.15, 0.2) is 0 Å². The van der Waals surface area contributed by atoms with Crippen LogP contribution in [-0.2, 0) is 4.79 Å². The maximum Gasteiger partial charge on any atom is 0.239 e. The van der Waals surface area contributed by atoms with E-state index in [0.29, 0.717) is 6.04 Å². The highest BCUT2D eigenvalue weighted by Crippen LogP contribution is 2.26. The molecule has 17 heavy (non-hydrogen) atoms. The maximum absolute atomic E-state index is 12.0. The van der Waals surface area contributed by atoms with E-state index in [1.165, 1.54) is 32.1 Å². The Morgan fingerprint density at radius 2 is 2.12 bits per heavy atom. The van der Waals surface area contributed by atoms with E-state index in [-0.39, 0.29) is 11.9 Å². The van der Waals surface area contributed by atoms with Crippen LogP contribution in [0.5, 0.6) is 0 Å². The predicted molar refractivity (Wildman–Crippen MR) is 71.9 cm³/mol. The molecule has 0 radical (unpaired) electrons. The van der Waals surface area contributed by atoms with Crippen molar-refractivity contribution in [3.63, 3.8) is 0 Å². The number of nitrogens with one attached hydrogen (secondary N) is 1. The molecule has 1 N–H and O–H groups in total. The number of carbonyl (C=O) groups is 1. The molecule has 0 aromatic heterocycles. The van der Waals surface area contributed by atoms with E-state index in [1.807, 2.05) is 20.9 Å². The van der Waals surface area contributed by atoms with Crippen molar-refractivity contribution in [1.29, 1.82) is 0 Å². The highest BCUT2D eigenvalue weighted by Gasteiger charge is 2.24. The first kappa shape index (κ1) is 14.5. The van der Waals surface area contributed by atoms with E-state index >= 15 is 0 Å². The lowest BCUT2D eigenvalue weighted by atomic mass is 9.84. The summed E-state index contributed by atoms with van der Waals surface area (Å²) in [6.45, 7) is 7.06. The molecular weight excluding hydrogens is 212 g/mol. The summed E-state index contributed by atoms with van der Waals surface area (Å²) < 4.78 is 0. The fourth-order valence-corrected chi connectivity index (χ4v) is 2.72. The topological polar surface area (TPSA) is 32.3 Å². The average Bonchev–Trinajstić information content (AvgIpc) is 2.37. The van der Waals surface area contributed by atoms with Gasteiger partial charge in [-0.25, -0.2) is 0 Å². The van der Waals surface area contributed by atoms with Crippen molar-refractivity contribution in [2.24, 2.45) is 5.92 Å². The smallest absolute Gasteiger partial charge is 0.239 e. The molecule has 0 aromatic rings. The van der Waals surface area contributed by atoms with Crippen molar-refractivity contribution < 1.29 is 4.79 Å². The lowest BCUT2D eigenvalue weighted by Crippen LogP contribution is -2.48. The Balaban J connectivity index is 2.39. The summed E-state index contributed by atoms with van der Waals surface area (Å²) in [7, 11) is 1.87. The molecule has 1 aliphatic carbocycles. The molecular formula is C14H28N2O. The lowest BCUT2D eigenvalue weighted by molar-refractivity contribution is -0.131. The Hall–Kier alpha value is -0.570. The van der Waals surface area contributed by atoms with Crippen molar-refractivity contribution in [2.75, 3.05) is 13.6 Å². The third kappa shape index (κ3) is 4.30. The van der Waals surface area contributed by atoms with E-state index in [1.54, 1.807) is 4.90 Å². The van der Waals surface area contributed by atoms with Crippen LogP contribution in [0, 0.1) is 5.92 Å². The number of amides is 1. The van der Waals surface area contributed by atoms with Crippen LogP contribution in [0.4, 0.5) is 0 Å². The van der Waals surface area contributed by atoms with Gasteiger partial charge < -0.3 is 10.2 Å². The summed E-state index contributed by atoms with van der Waals surface area (Å²) in [5.41, 5.74) is 0. The molecule has 3 heteroatoms. The molecule has 1 saturated carbocycles. The number of carbonyl (C=O) groups excluding carboxylic acids is 1. The van der Waals surface area contributed by atoms with Crippen LogP contribution >= 0.6 is 0 Å². The average molecular weight is 240 g/mol. The first-order chi connectivity index (χ1) is 8.08. The number of hydrogen-bond acceptors (Lipinski definition) is 2. The van der Waals surface area contributed by atoms with Gasteiger partial charge in [0, 0.05) is 19.6 Å². The van der Waals surface area contributed by atoms with Gasteiger partial charge in [-0.3, -0.25) is 4.79 Å². The molecule has 0 aromatic carbocycles.